The topological polar surface area (TPSA) is 113 Å². The van der Waals surface area contributed by atoms with Crippen molar-refractivity contribution in [1.82, 2.24) is 20.6 Å². The highest BCUT2D eigenvalue weighted by Crippen LogP contribution is 2.29. The molecule has 0 aliphatic carbocycles. The van der Waals surface area contributed by atoms with Crippen molar-refractivity contribution in [2.24, 2.45) is 0 Å². The summed E-state index contributed by atoms with van der Waals surface area (Å²) in [6.07, 6.45) is 0. The Labute approximate surface area is 102 Å². The number of phenolic OH excluding ortho intramolecular Hbond substituents is 1. The average molecular weight is 249 g/mol. The largest absolute Gasteiger partial charge is 0.504 e. The highest BCUT2D eigenvalue weighted by molar-refractivity contribution is 6.05. The molecule has 1 aromatic heterocycles. The third-order valence-electron chi connectivity index (χ3n) is 2.12. The second-order valence-electron chi connectivity index (χ2n) is 3.29. The first-order chi connectivity index (χ1) is 8.72. The minimum Gasteiger partial charge on any atom is -0.504 e. The molecule has 0 bridgehead atoms. The van der Waals surface area contributed by atoms with Crippen molar-refractivity contribution in [3.63, 3.8) is 0 Å². The number of benzene rings is 1. The summed E-state index contributed by atoms with van der Waals surface area (Å²) < 4.78 is 5.18. The van der Waals surface area contributed by atoms with Crippen LogP contribution in [0.1, 0.15) is 17.3 Å². The molecule has 0 aliphatic rings. The zero-order valence-corrected chi connectivity index (χ0v) is 9.54. The maximum atomic E-state index is 11.8. The van der Waals surface area contributed by atoms with Crippen LogP contribution in [0.4, 0.5) is 5.95 Å². The van der Waals surface area contributed by atoms with E-state index in [-0.39, 0.29) is 23.0 Å². The van der Waals surface area contributed by atoms with Crippen LogP contribution in [0, 0.1) is 0 Å². The molecule has 2 aromatic rings. The zero-order chi connectivity index (χ0) is 13.0. The molecule has 3 N–H and O–H groups in total. The number of ether oxygens (including phenoxy) is 1. The van der Waals surface area contributed by atoms with Crippen LogP contribution < -0.4 is 10.1 Å². The smallest absolute Gasteiger partial charge is 0.261 e. The maximum absolute atomic E-state index is 11.8. The second kappa shape index (κ2) is 5.13. The normalized spacial score (nSPS) is 10.1. The molecule has 0 unspecified atom stereocenters. The van der Waals surface area contributed by atoms with Gasteiger partial charge in [-0.05, 0) is 29.5 Å². The zero-order valence-electron chi connectivity index (χ0n) is 9.54. The number of amides is 1. The molecule has 94 valence electrons. The number of H-pyrrole nitrogens is 1. The summed E-state index contributed by atoms with van der Waals surface area (Å²) in [6, 6.07) is 4.65. The Hall–Kier alpha value is -2.64. The van der Waals surface area contributed by atoms with Gasteiger partial charge in [-0.15, -0.1) is 0 Å². The fourth-order valence-corrected chi connectivity index (χ4v) is 1.36. The van der Waals surface area contributed by atoms with Crippen molar-refractivity contribution in [3.8, 4) is 11.5 Å². The number of phenols is 1. The second-order valence-corrected chi connectivity index (χ2v) is 3.29. The lowest BCUT2D eigenvalue weighted by atomic mass is 10.1. The molecule has 8 nitrogen and oxygen atoms in total. The number of para-hydroxylation sites is 1. The number of nitrogens with one attached hydrogen (secondary N) is 2. The Morgan fingerprint density at radius 1 is 1.56 bits per heavy atom. The number of anilines is 1. The molecular weight excluding hydrogens is 238 g/mol. The average Bonchev–Trinajstić information content (AvgIpc) is 2.85. The third kappa shape index (κ3) is 2.37. The highest BCUT2D eigenvalue weighted by Gasteiger charge is 2.16. The molecule has 0 saturated carbocycles. The lowest BCUT2D eigenvalue weighted by Crippen LogP contribution is -2.13. The van der Waals surface area contributed by atoms with Gasteiger partial charge in [0.05, 0.1) is 12.2 Å². The number of hydrogen-bond donors (Lipinski definition) is 3. The quantitative estimate of drug-likeness (QED) is 0.729. The van der Waals surface area contributed by atoms with Gasteiger partial charge in [0.25, 0.3) is 5.91 Å². The van der Waals surface area contributed by atoms with Crippen LogP contribution >= 0.6 is 0 Å². The fourth-order valence-electron chi connectivity index (χ4n) is 1.36. The molecular formula is C10H11N5O3. The number of hydrogen-bond acceptors (Lipinski definition) is 6. The summed E-state index contributed by atoms with van der Waals surface area (Å²) in [5, 5.41) is 24.8. The summed E-state index contributed by atoms with van der Waals surface area (Å²) in [7, 11) is 0. The van der Waals surface area contributed by atoms with Crippen molar-refractivity contribution >= 4 is 11.9 Å². The number of tetrazole rings is 1. The van der Waals surface area contributed by atoms with E-state index in [1.54, 1.807) is 19.1 Å². The molecule has 0 radical (unpaired) electrons. The van der Waals surface area contributed by atoms with E-state index in [1.807, 2.05) is 0 Å². The van der Waals surface area contributed by atoms with Gasteiger partial charge in [0, 0.05) is 0 Å². The summed E-state index contributed by atoms with van der Waals surface area (Å²) in [5.41, 5.74) is 0.0809. The van der Waals surface area contributed by atoms with Gasteiger partial charge in [-0.1, -0.05) is 11.2 Å². The first-order valence-electron chi connectivity index (χ1n) is 5.22. The van der Waals surface area contributed by atoms with Gasteiger partial charge in [0.2, 0.25) is 5.95 Å². The molecule has 1 heterocycles. The van der Waals surface area contributed by atoms with Gasteiger partial charge in [-0.25, -0.2) is 5.10 Å². The Balaban J connectivity index is 2.22. The standard InChI is InChI=1S/C10H11N5O3/c1-2-18-7-5-3-4-6(8(7)16)9(17)11-10-12-14-15-13-10/h3-5,16H,2H2,1H3,(H2,11,12,13,14,15,17). The van der Waals surface area contributed by atoms with Crippen LogP contribution in [0.5, 0.6) is 11.5 Å². The van der Waals surface area contributed by atoms with E-state index >= 15 is 0 Å². The Kier molecular flexibility index (Phi) is 3.37. The fraction of sp³-hybridized carbons (Fsp3) is 0.200. The molecule has 0 spiro atoms. The molecule has 2 rings (SSSR count). The predicted molar refractivity (Wildman–Crippen MR) is 61.4 cm³/mol. The maximum Gasteiger partial charge on any atom is 0.261 e. The summed E-state index contributed by atoms with van der Waals surface area (Å²) in [6.45, 7) is 2.18. The Bertz CT molecular complexity index is 540. The van der Waals surface area contributed by atoms with Crippen LogP contribution in [0.3, 0.4) is 0 Å². The van der Waals surface area contributed by atoms with Crippen LogP contribution in [-0.2, 0) is 0 Å². The Morgan fingerprint density at radius 3 is 3.06 bits per heavy atom. The number of rotatable bonds is 4. The van der Waals surface area contributed by atoms with Gasteiger partial charge in [0.1, 0.15) is 0 Å². The molecule has 1 amide bonds. The van der Waals surface area contributed by atoms with Crippen molar-refractivity contribution < 1.29 is 14.6 Å². The first-order valence-corrected chi connectivity index (χ1v) is 5.22. The molecule has 0 atom stereocenters. The van der Waals surface area contributed by atoms with Crippen molar-refractivity contribution in [2.75, 3.05) is 11.9 Å². The molecule has 18 heavy (non-hydrogen) atoms. The van der Waals surface area contributed by atoms with E-state index < -0.39 is 5.91 Å². The van der Waals surface area contributed by atoms with Crippen molar-refractivity contribution in [3.05, 3.63) is 23.8 Å². The van der Waals surface area contributed by atoms with E-state index in [0.717, 1.165) is 0 Å². The van der Waals surface area contributed by atoms with Crippen LogP contribution in [0.15, 0.2) is 18.2 Å². The van der Waals surface area contributed by atoms with E-state index in [9.17, 15) is 9.90 Å². The summed E-state index contributed by atoms with van der Waals surface area (Å²) >= 11 is 0. The molecule has 0 fully saturated rings. The number of aromatic nitrogens is 4. The number of aromatic amines is 1. The van der Waals surface area contributed by atoms with E-state index in [0.29, 0.717) is 6.61 Å². The summed E-state index contributed by atoms with van der Waals surface area (Å²) in [5.74, 6) is -0.404. The van der Waals surface area contributed by atoms with Crippen molar-refractivity contribution in [2.45, 2.75) is 6.92 Å². The van der Waals surface area contributed by atoms with Gasteiger partial charge < -0.3 is 9.84 Å². The number of carbonyl (C=O) groups is 1. The van der Waals surface area contributed by atoms with Gasteiger partial charge >= 0.3 is 0 Å². The number of carbonyl (C=O) groups excluding carboxylic acids is 1. The van der Waals surface area contributed by atoms with E-state index in [1.165, 1.54) is 6.07 Å². The Morgan fingerprint density at radius 2 is 2.39 bits per heavy atom. The monoisotopic (exact) mass is 249 g/mol. The van der Waals surface area contributed by atoms with Gasteiger partial charge in [-0.2, -0.15) is 0 Å². The number of nitrogens with zero attached hydrogens (tertiary/aromatic N) is 3. The highest BCUT2D eigenvalue weighted by atomic mass is 16.5. The van der Waals surface area contributed by atoms with Gasteiger partial charge in [-0.3, -0.25) is 10.1 Å². The first kappa shape index (κ1) is 11.8. The minimum atomic E-state index is -0.535. The van der Waals surface area contributed by atoms with Crippen LogP contribution in [0.25, 0.3) is 0 Å². The molecule has 0 saturated heterocycles. The third-order valence-corrected chi connectivity index (χ3v) is 2.12. The van der Waals surface area contributed by atoms with E-state index in [4.69, 9.17) is 4.74 Å². The van der Waals surface area contributed by atoms with Crippen LogP contribution in [-0.4, -0.2) is 38.2 Å². The van der Waals surface area contributed by atoms with E-state index in [2.05, 4.69) is 25.9 Å². The predicted octanol–water partition coefficient (Wildman–Crippen LogP) is 0.556. The SMILES string of the molecule is CCOc1cccc(C(=O)Nc2nnn[nH]2)c1O. The van der Waals surface area contributed by atoms with Crippen molar-refractivity contribution in [1.29, 1.82) is 0 Å². The molecule has 8 heteroatoms. The number of aromatic hydroxyl groups is 1. The minimum absolute atomic E-state index is 0.0809. The molecule has 1 aromatic carbocycles. The van der Waals surface area contributed by atoms with Gasteiger partial charge in [0.15, 0.2) is 11.5 Å². The molecule has 0 aliphatic heterocycles. The lowest BCUT2D eigenvalue weighted by molar-refractivity contribution is 0.102. The van der Waals surface area contributed by atoms with Crippen LogP contribution in [0.2, 0.25) is 0 Å². The lowest BCUT2D eigenvalue weighted by Gasteiger charge is -2.09. The summed E-state index contributed by atoms with van der Waals surface area (Å²) in [4.78, 5) is 11.8.